The normalized spacial score (nSPS) is 15.4. The number of nitriles is 1. The number of amides is 1. The molecule has 0 unspecified atom stereocenters. The first kappa shape index (κ1) is 15.0. The van der Waals surface area contributed by atoms with Crippen LogP contribution in [-0.2, 0) is 4.79 Å². The lowest BCUT2D eigenvalue weighted by molar-refractivity contribution is -0.125. The summed E-state index contributed by atoms with van der Waals surface area (Å²) in [5.74, 6) is 0.0984. The van der Waals surface area contributed by atoms with E-state index in [9.17, 15) is 9.59 Å². The van der Waals surface area contributed by atoms with E-state index >= 15 is 0 Å². The van der Waals surface area contributed by atoms with Crippen LogP contribution >= 0.6 is 0 Å². The summed E-state index contributed by atoms with van der Waals surface area (Å²) in [5.41, 5.74) is 1.98. The molecule has 0 spiro atoms. The maximum absolute atomic E-state index is 11.8. The molecule has 1 amide bonds. The summed E-state index contributed by atoms with van der Waals surface area (Å²) >= 11 is 0. The quantitative estimate of drug-likeness (QED) is 0.858. The number of carbonyl (C=O) groups is 2. The van der Waals surface area contributed by atoms with E-state index in [1.54, 1.807) is 25.2 Å². The molecule has 1 heterocycles. The third-order valence-electron chi connectivity index (χ3n) is 3.96. The zero-order valence-electron chi connectivity index (χ0n) is 12.3. The van der Waals surface area contributed by atoms with Gasteiger partial charge in [-0.05, 0) is 38.0 Å². The van der Waals surface area contributed by atoms with Crippen molar-refractivity contribution >= 4 is 17.4 Å². The van der Waals surface area contributed by atoms with E-state index in [0.717, 1.165) is 18.5 Å². The number of piperidine rings is 1. The Balaban J connectivity index is 2.21. The summed E-state index contributed by atoms with van der Waals surface area (Å²) in [7, 11) is 1.65. The molecule has 2 rings (SSSR count). The lowest BCUT2D eigenvalue weighted by atomic mass is 9.94. The lowest BCUT2D eigenvalue weighted by Gasteiger charge is -2.33. The van der Waals surface area contributed by atoms with Crippen LogP contribution in [0.1, 0.15) is 35.7 Å². The van der Waals surface area contributed by atoms with Crippen molar-refractivity contribution in [3.05, 3.63) is 29.3 Å². The van der Waals surface area contributed by atoms with Gasteiger partial charge < -0.3 is 10.2 Å². The Bertz CT molecular complexity index is 596. The number of carbonyl (C=O) groups excluding carboxylic acids is 2. The van der Waals surface area contributed by atoms with Gasteiger partial charge in [0.25, 0.3) is 0 Å². The minimum Gasteiger partial charge on any atom is -0.371 e. The van der Waals surface area contributed by atoms with Crippen LogP contribution in [0.15, 0.2) is 18.2 Å². The largest absolute Gasteiger partial charge is 0.371 e. The Kier molecular flexibility index (Phi) is 4.59. The van der Waals surface area contributed by atoms with Gasteiger partial charge in [0.05, 0.1) is 11.6 Å². The number of hydrogen-bond acceptors (Lipinski definition) is 4. The van der Waals surface area contributed by atoms with E-state index in [0.29, 0.717) is 24.2 Å². The van der Waals surface area contributed by atoms with Gasteiger partial charge in [-0.2, -0.15) is 5.26 Å². The van der Waals surface area contributed by atoms with Crippen molar-refractivity contribution in [2.45, 2.75) is 19.8 Å². The van der Waals surface area contributed by atoms with Gasteiger partial charge in [-0.25, -0.2) is 0 Å². The monoisotopic (exact) mass is 285 g/mol. The first-order valence-corrected chi connectivity index (χ1v) is 7.08. The summed E-state index contributed by atoms with van der Waals surface area (Å²) < 4.78 is 0. The minimum absolute atomic E-state index is 0.0112. The average molecular weight is 285 g/mol. The molecule has 1 N–H and O–H groups in total. The number of hydrogen-bond donors (Lipinski definition) is 1. The van der Waals surface area contributed by atoms with Gasteiger partial charge in [0.2, 0.25) is 5.91 Å². The Labute approximate surface area is 124 Å². The smallest absolute Gasteiger partial charge is 0.222 e. The molecule has 1 aliphatic rings. The van der Waals surface area contributed by atoms with Crippen molar-refractivity contribution in [3.63, 3.8) is 0 Å². The third-order valence-corrected chi connectivity index (χ3v) is 3.96. The summed E-state index contributed by atoms with van der Waals surface area (Å²) in [6, 6.07) is 7.24. The molecule has 110 valence electrons. The molecular formula is C16H19N3O2. The average Bonchev–Trinajstić information content (AvgIpc) is 2.53. The Morgan fingerprint density at radius 1 is 1.33 bits per heavy atom. The molecule has 0 saturated carbocycles. The van der Waals surface area contributed by atoms with Crippen LogP contribution in [0, 0.1) is 17.2 Å². The van der Waals surface area contributed by atoms with Crippen LogP contribution < -0.4 is 10.2 Å². The highest BCUT2D eigenvalue weighted by Gasteiger charge is 2.26. The molecule has 1 fully saturated rings. The van der Waals surface area contributed by atoms with Gasteiger partial charge in [0.15, 0.2) is 5.78 Å². The van der Waals surface area contributed by atoms with E-state index in [2.05, 4.69) is 16.3 Å². The van der Waals surface area contributed by atoms with Gasteiger partial charge in [-0.3, -0.25) is 9.59 Å². The van der Waals surface area contributed by atoms with Crippen LogP contribution in [0.4, 0.5) is 5.69 Å². The summed E-state index contributed by atoms with van der Waals surface area (Å²) in [4.78, 5) is 25.5. The number of rotatable bonds is 3. The third kappa shape index (κ3) is 3.22. The molecule has 0 aliphatic carbocycles. The Morgan fingerprint density at radius 3 is 2.52 bits per heavy atom. The van der Waals surface area contributed by atoms with E-state index in [4.69, 9.17) is 5.26 Å². The van der Waals surface area contributed by atoms with Gasteiger partial charge >= 0.3 is 0 Å². The summed E-state index contributed by atoms with van der Waals surface area (Å²) in [6.45, 7) is 2.96. The van der Waals surface area contributed by atoms with Crippen molar-refractivity contribution in [1.29, 1.82) is 5.26 Å². The highest BCUT2D eigenvalue weighted by molar-refractivity contribution is 6.00. The molecule has 1 aromatic rings. The molecule has 5 nitrogen and oxygen atoms in total. The second-order valence-corrected chi connectivity index (χ2v) is 5.28. The number of nitrogens with one attached hydrogen (secondary N) is 1. The molecule has 1 saturated heterocycles. The first-order valence-electron chi connectivity index (χ1n) is 7.08. The molecule has 0 bridgehead atoms. The predicted molar refractivity (Wildman–Crippen MR) is 80.2 cm³/mol. The second kappa shape index (κ2) is 6.40. The number of Topliss-reactive ketones (excluding diaryl/α,β-unsaturated/α-hetero) is 1. The summed E-state index contributed by atoms with van der Waals surface area (Å²) in [6.07, 6.45) is 1.52. The minimum atomic E-state index is -0.0112. The maximum atomic E-state index is 11.8. The molecule has 0 radical (unpaired) electrons. The molecule has 21 heavy (non-hydrogen) atoms. The van der Waals surface area contributed by atoms with Crippen molar-refractivity contribution in [2.24, 2.45) is 5.92 Å². The van der Waals surface area contributed by atoms with E-state index in [1.807, 2.05) is 0 Å². The van der Waals surface area contributed by atoms with Crippen LogP contribution in [0.2, 0.25) is 0 Å². The van der Waals surface area contributed by atoms with Gasteiger partial charge in [-0.15, -0.1) is 0 Å². The van der Waals surface area contributed by atoms with Crippen molar-refractivity contribution in [2.75, 3.05) is 25.0 Å². The fourth-order valence-electron chi connectivity index (χ4n) is 2.75. The molecule has 1 aliphatic heterocycles. The fourth-order valence-corrected chi connectivity index (χ4v) is 2.75. The second-order valence-electron chi connectivity index (χ2n) is 5.28. The van der Waals surface area contributed by atoms with Gasteiger partial charge in [0, 0.05) is 37.3 Å². The van der Waals surface area contributed by atoms with Crippen molar-refractivity contribution < 1.29 is 9.59 Å². The lowest BCUT2D eigenvalue weighted by Crippen LogP contribution is -2.40. The van der Waals surface area contributed by atoms with E-state index < -0.39 is 0 Å². The van der Waals surface area contributed by atoms with Crippen molar-refractivity contribution in [3.8, 4) is 6.07 Å². The zero-order valence-corrected chi connectivity index (χ0v) is 12.3. The van der Waals surface area contributed by atoms with Crippen LogP contribution in [0.25, 0.3) is 0 Å². The van der Waals surface area contributed by atoms with Gasteiger partial charge in [0.1, 0.15) is 0 Å². The summed E-state index contributed by atoms with van der Waals surface area (Å²) in [5, 5.41) is 11.7. The Hall–Kier alpha value is -2.35. The molecule has 1 aromatic carbocycles. The van der Waals surface area contributed by atoms with E-state index in [-0.39, 0.29) is 17.6 Å². The number of benzene rings is 1. The highest BCUT2D eigenvalue weighted by Crippen LogP contribution is 2.28. The van der Waals surface area contributed by atoms with Crippen LogP contribution in [0.3, 0.4) is 0 Å². The number of ketones is 1. The Morgan fingerprint density at radius 2 is 2.00 bits per heavy atom. The molecule has 0 atom stereocenters. The van der Waals surface area contributed by atoms with E-state index in [1.165, 1.54) is 6.92 Å². The first-order chi connectivity index (χ1) is 10.1. The topological polar surface area (TPSA) is 73.2 Å². The highest BCUT2D eigenvalue weighted by atomic mass is 16.1. The van der Waals surface area contributed by atoms with Crippen LogP contribution in [-0.4, -0.2) is 31.8 Å². The number of nitrogens with zero attached hydrogens (tertiary/aromatic N) is 2. The van der Waals surface area contributed by atoms with Crippen LogP contribution in [0.5, 0.6) is 0 Å². The predicted octanol–water partition coefficient (Wildman–Crippen LogP) is 1.72. The van der Waals surface area contributed by atoms with Crippen molar-refractivity contribution in [1.82, 2.24) is 5.32 Å². The zero-order chi connectivity index (χ0) is 15.4. The SMILES string of the molecule is CNC(=O)C1CCN(c2cc(C#N)ccc2C(C)=O)CC1. The molecular weight excluding hydrogens is 266 g/mol. The maximum Gasteiger partial charge on any atom is 0.222 e. The fraction of sp³-hybridized carbons (Fsp3) is 0.438. The number of anilines is 1. The molecule has 0 aromatic heterocycles. The standard InChI is InChI=1S/C16H19N3O2/c1-11(20)14-4-3-12(10-17)9-15(14)19-7-5-13(6-8-19)16(21)18-2/h3-4,9,13H,5-8H2,1-2H3,(H,18,21). The molecule has 5 heteroatoms. The van der Waals surface area contributed by atoms with Gasteiger partial charge in [-0.1, -0.05) is 0 Å².